The van der Waals surface area contributed by atoms with Gasteiger partial charge >= 0.3 is 0 Å². The molecule has 6 heteroatoms. The van der Waals surface area contributed by atoms with Gasteiger partial charge in [-0.25, -0.2) is 14.6 Å². The van der Waals surface area contributed by atoms with Crippen LogP contribution in [0.4, 0.5) is 5.82 Å². The van der Waals surface area contributed by atoms with E-state index < -0.39 is 0 Å². The van der Waals surface area contributed by atoms with Crippen LogP contribution in [0, 0.1) is 6.92 Å². The van der Waals surface area contributed by atoms with Gasteiger partial charge in [0.2, 0.25) is 0 Å². The van der Waals surface area contributed by atoms with E-state index in [0.29, 0.717) is 6.54 Å². The maximum absolute atomic E-state index is 4.69. The van der Waals surface area contributed by atoms with E-state index in [1.54, 1.807) is 6.33 Å². The van der Waals surface area contributed by atoms with Crippen LogP contribution in [0.25, 0.3) is 11.0 Å². The number of benzene rings is 3. The summed E-state index contributed by atoms with van der Waals surface area (Å²) in [5, 5.41) is 5.68. The van der Waals surface area contributed by atoms with Gasteiger partial charge in [0.1, 0.15) is 12.1 Å². The van der Waals surface area contributed by atoms with E-state index in [0.717, 1.165) is 43.0 Å². The maximum Gasteiger partial charge on any atom is 0.163 e. The number of rotatable bonds is 6. The van der Waals surface area contributed by atoms with Gasteiger partial charge < -0.3 is 4.90 Å². The summed E-state index contributed by atoms with van der Waals surface area (Å²) in [4.78, 5) is 14.2. The molecule has 0 aliphatic carbocycles. The van der Waals surface area contributed by atoms with Crippen LogP contribution in [0.15, 0.2) is 97.5 Å². The lowest BCUT2D eigenvalue weighted by Crippen LogP contribution is -2.48. The number of aromatic nitrogens is 4. The highest BCUT2D eigenvalue weighted by Gasteiger charge is 2.28. The molecule has 6 nitrogen and oxygen atoms in total. The van der Waals surface area contributed by atoms with Crippen LogP contribution in [-0.2, 0) is 6.54 Å². The molecule has 0 N–H and O–H groups in total. The zero-order chi connectivity index (χ0) is 24.3. The Morgan fingerprint density at radius 1 is 0.750 bits per heavy atom. The molecule has 0 spiro atoms. The first-order chi connectivity index (χ1) is 17.8. The van der Waals surface area contributed by atoms with Crippen molar-refractivity contribution in [3.05, 3.63) is 120 Å². The molecule has 6 rings (SSSR count). The molecule has 0 atom stereocenters. The molecular weight excluding hydrogens is 444 g/mol. The van der Waals surface area contributed by atoms with Gasteiger partial charge in [0.15, 0.2) is 5.65 Å². The zero-order valence-electron chi connectivity index (χ0n) is 20.5. The van der Waals surface area contributed by atoms with Crippen molar-refractivity contribution in [3.63, 3.8) is 0 Å². The minimum absolute atomic E-state index is 0.247. The number of nitrogens with zero attached hydrogens (tertiary/aromatic N) is 6. The van der Waals surface area contributed by atoms with Gasteiger partial charge in [-0.3, -0.25) is 4.90 Å². The lowest BCUT2D eigenvalue weighted by atomic mass is 9.96. The molecule has 0 radical (unpaired) electrons. The number of hydrogen-bond acceptors (Lipinski definition) is 5. The minimum Gasteiger partial charge on any atom is -0.353 e. The zero-order valence-corrected chi connectivity index (χ0v) is 20.5. The Bertz CT molecular complexity index is 1380. The van der Waals surface area contributed by atoms with Crippen molar-refractivity contribution >= 4 is 16.9 Å². The fourth-order valence-corrected chi connectivity index (χ4v) is 5.19. The van der Waals surface area contributed by atoms with Gasteiger partial charge in [-0.05, 0) is 23.6 Å². The van der Waals surface area contributed by atoms with Crippen LogP contribution in [0.5, 0.6) is 0 Å². The number of aryl methyl sites for hydroxylation is 1. The number of piperazine rings is 1. The predicted octanol–water partition coefficient (Wildman–Crippen LogP) is 5.09. The first-order valence-electron chi connectivity index (χ1n) is 12.6. The van der Waals surface area contributed by atoms with E-state index >= 15 is 0 Å². The van der Waals surface area contributed by atoms with E-state index in [-0.39, 0.29) is 6.04 Å². The van der Waals surface area contributed by atoms with E-state index in [9.17, 15) is 0 Å². The van der Waals surface area contributed by atoms with Crippen LogP contribution in [0.3, 0.4) is 0 Å². The van der Waals surface area contributed by atoms with Gasteiger partial charge in [-0.2, -0.15) is 5.10 Å². The second-order valence-electron chi connectivity index (χ2n) is 9.47. The Balaban J connectivity index is 1.22. The van der Waals surface area contributed by atoms with Crippen molar-refractivity contribution in [3.8, 4) is 0 Å². The molecular formula is C30H30N6. The second-order valence-corrected chi connectivity index (χ2v) is 9.47. The lowest BCUT2D eigenvalue weighted by molar-refractivity contribution is 0.212. The van der Waals surface area contributed by atoms with Gasteiger partial charge in [-0.1, -0.05) is 90.5 Å². The molecule has 1 aliphatic rings. The molecule has 0 unspecified atom stereocenters. The Kier molecular flexibility index (Phi) is 6.18. The highest BCUT2D eigenvalue weighted by molar-refractivity contribution is 5.86. The summed E-state index contributed by atoms with van der Waals surface area (Å²) in [7, 11) is 0. The third-order valence-electron chi connectivity index (χ3n) is 7.08. The quantitative estimate of drug-likeness (QED) is 0.343. The highest BCUT2D eigenvalue weighted by Crippen LogP contribution is 2.31. The molecule has 180 valence electrons. The van der Waals surface area contributed by atoms with Crippen molar-refractivity contribution in [2.75, 3.05) is 31.1 Å². The molecule has 0 saturated carbocycles. The third-order valence-corrected chi connectivity index (χ3v) is 7.08. The summed E-state index contributed by atoms with van der Waals surface area (Å²) in [5.74, 6) is 0.978. The second kappa shape index (κ2) is 9.91. The van der Waals surface area contributed by atoms with Crippen molar-refractivity contribution < 1.29 is 0 Å². The monoisotopic (exact) mass is 474 g/mol. The molecule has 1 fully saturated rings. The smallest absolute Gasteiger partial charge is 0.163 e. The molecule has 5 aromatic rings. The fourth-order valence-electron chi connectivity index (χ4n) is 5.19. The summed E-state index contributed by atoms with van der Waals surface area (Å²) in [6.07, 6.45) is 3.59. The summed E-state index contributed by atoms with van der Waals surface area (Å²) in [6.45, 7) is 6.53. The van der Waals surface area contributed by atoms with Crippen LogP contribution >= 0.6 is 0 Å². The normalized spacial score (nSPS) is 14.6. The van der Waals surface area contributed by atoms with E-state index in [4.69, 9.17) is 4.98 Å². The number of anilines is 1. The van der Waals surface area contributed by atoms with Crippen LogP contribution in [0.2, 0.25) is 0 Å². The van der Waals surface area contributed by atoms with Crippen LogP contribution in [0.1, 0.15) is 28.3 Å². The molecule has 0 bridgehead atoms. The third kappa shape index (κ3) is 4.48. The Labute approximate surface area is 211 Å². The van der Waals surface area contributed by atoms with Gasteiger partial charge in [0, 0.05) is 26.2 Å². The first kappa shape index (κ1) is 22.4. The summed E-state index contributed by atoms with van der Waals surface area (Å²) in [6, 6.07) is 30.5. The largest absolute Gasteiger partial charge is 0.353 e. The summed E-state index contributed by atoms with van der Waals surface area (Å²) >= 11 is 0. The average Bonchev–Trinajstić information content (AvgIpc) is 3.35. The van der Waals surface area contributed by atoms with Gasteiger partial charge in [0.25, 0.3) is 0 Å². The molecule has 1 aliphatic heterocycles. The molecule has 3 heterocycles. The van der Waals surface area contributed by atoms with Crippen LogP contribution < -0.4 is 4.90 Å². The summed E-state index contributed by atoms with van der Waals surface area (Å²) in [5.41, 5.74) is 6.02. The maximum atomic E-state index is 4.69. The molecule has 3 aromatic carbocycles. The minimum atomic E-state index is 0.247. The Morgan fingerprint density at radius 3 is 2.03 bits per heavy atom. The Hall–Kier alpha value is -4.03. The van der Waals surface area contributed by atoms with E-state index in [2.05, 4.69) is 112 Å². The highest BCUT2D eigenvalue weighted by atomic mass is 15.3. The van der Waals surface area contributed by atoms with Crippen molar-refractivity contribution in [2.24, 2.45) is 0 Å². The standard InChI is InChI=1S/C30H30N6/c1-23-12-14-24(15-13-23)21-36-30-27(20-33-36)29(31-22-32-30)35-18-16-34(17-19-35)28(25-8-4-2-5-9-25)26-10-6-3-7-11-26/h2-15,20,22,28H,16-19,21H2,1H3. The number of fused-ring (bicyclic) bond motifs is 1. The predicted molar refractivity (Wildman–Crippen MR) is 144 cm³/mol. The molecule has 36 heavy (non-hydrogen) atoms. The van der Waals surface area contributed by atoms with Crippen molar-refractivity contribution in [1.29, 1.82) is 0 Å². The van der Waals surface area contributed by atoms with Crippen molar-refractivity contribution in [1.82, 2.24) is 24.6 Å². The Morgan fingerprint density at radius 2 is 1.39 bits per heavy atom. The van der Waals surface area contributed by atoms with E-state index in [1.165, 1.54) is 22.3 Å². The van der Waals surface area contributed by atoms with Gasteiger partial charge in [-0.15, -0.1) is 0 Å². The lowest BCUT2D eigenvalue weighted by Gasteiger charge is -2.40. The molecule has 0 amide bonds. The summed E-state index contributed by atoms with van der Waals surface area (Å²) < 4.78 is 1.97. The van der Waals surface area contributed by atoms with Crippen LogP contribution in [-0.4, -0.2) is 50.8 Å². The average molecular weight is 475 g/mol. The van der Waals surface area contributed by atoms with Crippen molar-refractivity contribution in [2.45, 2.75) is 19.5 Å². The molecule has 2 aromatic heterocycles. The SMILES string of the molecule is Cc1ccc(Cn2ncc3c(N4CCN(C(c5ccccc5)c5ccccc5)CC4)ncnc32)cc1. The van der Waals surface area contributed by atoms with E-state index in [1.807, 2.05) is 10.9 Å². The first-order valence-corrected chi connectivity index (χ1v) is 12.6. The fraction of sp³-hybridized carbons (Fsp3) is 0.233. The molecule has 1 saturated heterocycles. The van der Waals surface area contributed by atoms with Gasteiger partial charge in [0.05, 0.1) is 24.2 Å². The number of hydrogen-bond donors (Lipinski definition) is 0. The topological polar surface area (TPSA) is 50.1 Å².